The molecule has 1 aromatic rings. The summed E-state index contributed by atoms with van der Waals surface area (Å²) in [5.74, 6) is 1.00. The number of nitrogens with zero attached hydrogens (tertiary/aromatic N) is 1. The molecular formula is C13H15FN2O2S. The lowest BCUT2D eigenvalue weighted by Crippen LogP contribution is -2.14. The fourth-order valence-corrected chi connectivity index (χ4v) is 2.68. The summed E-state index contributed by atoms with van der Waals surface area (Å²) in [4.78, 5) is 4.34. The van der Waals surface area contributed by atoms with Gasteiger partial charge in [0, 0.05) is 16.9 Å². The van der Waals surface area contributed by atoms with Crippen molar-refractivity contribution in [3.63, 3.8) is 0 Å². The zero-order valence-corrected chi connectivity index (χ0v) is 11.2. The Labute approximate surface area is 115 Å². The van der Waals surface area contributed by atoms with Crippen molar-refractivity contribution in [1.29, 1.82) is 0 Å². The van der Waals surface area contributed by atoms with Gasteiger partial charge in [-0.2, -0.15) is 0 Å². The monoisotopic (exact) mass is 282 g/mol. The van der Waals surface area contributed by atoms with Crippen LogP contribution in [0.15, 0.2) is 17.1 Å². The topological polar surface area (TPSA) is 56.8 Å². The number of benzene rings is 1. The second-order valence-electron chi connectivity index (χ2n) is 4.65. The van der Waals surface area contributed by atoms with Crippen LogP contribution in [0.3, 0.4) is 0 Å². The maximum absolute atomic E-state index is 13.5. The highest BCUT2D eigenvalue weighted by atomic mass is 32.2. The number of hydrogen-bond donors (Lipinski definition) is 1. The molecule has 0 aromatic heterocycles. The van der Waals surface area contributed by atoms with Crippen molar-refractivity contribution in [2.45, 2.75) is 31.2 Å². The highest BCUT2D eigenvalue weighted by molar-refractivity contribution is 8.13. The van der Waals surface area contributed by atoms with Crippen molar-refractivity contribution >= 4 is 16.9 Å². The Morgan fingerprint density at radius 3 is 3.11 bits per heavy atom. The summed E-state index contributed by atoms with van der Waals surface area (Å²) in [6, 6.07) is 3.34. The molecule has 2 N–H and O–H groups in total. The highest BCUT2D eigenvalue weighted by Gasteiger charge is 2.21. The first kappa shape index (κ1) is 12.7. The number of rotatable bonds is 3. The summed E-state index contributed by atoms with van der Waals surface area (Å²) in [5, 5.41) is 0.563. The van der Waals surface area contributed by atoms with Crippen molar-refractivity contribution in [3.05, 3.63) is 29.1 Å². The Hall–Kier alpha value is -1.27. The number of thioether (sulfide) groups is 1. The molecule has 1 fully saturated rings. The molecule has 0 saturated heterocycles. The molecule has 4 nitrogen and oxygen atoms in total. The lowest BCUT2D eigenvalue weighted by molar-refractivity contribution is -0.0171. The molecule has 3 rings (SSSR count). The van der Waals surface area contributed by atoms with Crippen LogP contribution in [-0.4, -0.2) is 18.0 Å². The summed E-state index contributed by atoms with van der Waals surface area (Å²) in [6.45, 7) is 0.596. The van der Waals surface area contributed by atoms with Gasteiger partial charge in [0.2, 0.25) is 0 Å². The first-order valence-electron chi connectivity index (χ1n) is 6.20. The van der Waals surface area contributed by atoms with E-state index >= 15 is 0 Å². The zero-order chi connectivity index (χ0) is 13.2. The molecule has 1 aliphatic heterocycles. The maximum atomic E-state index is 13.5. The van der Waals surface area contributed by atoms with E-state index in [4.69, 9.17) is 15.2 Å². The van der Waals surface area contributed by atoms with Crippen molar-refractivity contribution in [2.24, 2.45) is 10.7 Å². The Morgan fingerprint density at radius 1 is 1.47 bits per heavy atom. The zero-order valence-electron chi connectivity index (χ0n) is 10.4. The average Bonchev–Trinajstić information content (AvgIpc) is 3.19. The predicted octanol–water partition coefficient (Wildman–Crippen LogP) is 2.40. The van der Waals surface area contributed by atoms with E-state index in [1.807, 2.05) is 0 Å². The fraction of sp³-hybridized carbons (Fsp3) is 0.462. The van der Waals surface area contributed by atoms with Crippen LogP contribution in [-0.2, 0) is 17.1 Å². The molecule has 0 bridgehead atoms. The molecule has 2 aliphatic rings. The first-order valence-corrected chi connectivity index (χ1v) is 7.19. The van der Waals surface area contributed by atoms with Gasteiger partial charge in [0.15, 0.2) is 12.0 Å². The number of aliphatic imine (C=N–C) groups is 1. The van der Waals surface area contributed by atoms with Crippen LogP contribution in [0.1, 0.15) is 24.0 Å². The van der Waals surface area contributed by atoms with Gasteiger partial charge in [-0.1, -0.05) is 11.8 Å². The van der Waals surface area contributed by atoms with Crippen molar-refractivity contribution in [2.75, 3.05) is 6.79 Å². The molecular weight excluding hydrogens is 267 g/mol. The predicted molar refractivity (Wildman–Crippen MR) is 72.6 cm³/mol. The Morgan fingerprint density at radius 2 is 2.32 bits per heavy atom. The summed E-state index contributed by atoms with van der Waals surface area (Å²) in [7, 11) is 0. The maximum Gasteiger partial charge on any atom is 0.189 e. The van der Waals surface area contributed by atoms with Crippen LogP contribution < -0.4 is 10.5 Å². The number of ether oxygens (including phenoxy) is 2. The van der Waals surface area contributed by atoms with Crippen molar-refractivity contribution < 1.29 is 13.9 Å². The minimum Gasteiger partial charge on any atom is -0.467 e. The van der Waals surface area contributed by atoms with E-state index in [-0.39, 0.29) is 12.6 Å². The summed E-state index contributed by atoms with van der Waals surface area (Å²) < 4.78 is 24.1. The lowest BCUT2D eigenvalue weighted by Gasteiger charge is -2.20. The molecule has 0 unspecified atom stereocenters. The molecule has 6 heteroatoms. The molecule has 1 aromatic carbocycles. The first-order chi connectivity index (χ1) is 9.22. The number of hydrogen-bond acceptors (Lipinski definition) is 4. The number of amidine groups is 1. The van der Waals surface area contributed by atoms with Gasteiger partial charge in [0.1, 0.15) is 11.6 Å². The smallest absolute Gasteiger partial charge is 0.189 e. The van der Waals surface area contributed by atoms with Crippen molar-refractivity contribution in [3.8, 4) is 5.75 Å². The van der Waals surface area contributed by atoms with E-state index in [0.717, 1.165) is 29.7 Å². The van der Waals surface area contributed by atoms with Gasteiger partial charge in [-0.3, -0.25) is 4.99 Å². The van der Waals surface area contributed by atoms with Gasteiger partial charge in [-0.05, 0) is 25.0 Å². The normalized spacial score (nSPS) is 18.9. The molecule has 0 spiro atoms. The SMILES string of the molecule is NC(=NC1CC1)SCc1cc(F)cc2c1OCOC2. The Balaban J connectivity index is 1.74. The Bertz CT molecular complexity index is 518. The van der Waals surface area contributed by atoms with Gasteiger partial charge in [0.05, 0.1) is 12.6 Å². The fourth-order valence-electron chi connectivity index (χ4n) is 1.94. The highest BCUT2D eigenvalue weighted by Crippen LogP contribution is 2.32. The lowest BCUT2D eigenvalue weighted by atomic mass is 10.1. The van der Waals surface area contributed by atoms with E-state index in [0.29, 0.717) is 23.6 Å². The van der Waals surface area contributed by atoms with Crippen molar-refractivity contribution in [1.82, 2.24) is 0 Å². The third-order valence-corrected chi connectivity index (χ3v) is 3.84. The third-order valence-electron chi connectivity index (χ3n) is 2.98. The second kappa shape index (κ2) is 5.38. The standard InChI is InChI=1S/C13H15FN2O2S/c14-10-3-8-5-17-7-18-12(8)9(4-10)6-19-13(15)16-11-1-2-11/h3-4,11H,1-2,5-7H2,(H2,15,16). The Kier molecular flexibility index (Phi) is 3.61. The van der Waals surface area contributed by atoms with E-state index in [2.05, 4.69) is 4.99 Å². The van der Waals surface area contributed by atoms with E-state index in [1.165, 1.54) is 23.9 Å². The van der Waals surface area contributed by atoms with Gasteiger partial charge >= 0.3 is 0 Å². The molecule has 1 heterocycles. The van der Waals surface area contributed by atoms with Gasteiger partial charge < -0.3 is 15.2 Å². The minimum atomic E-state index is -0.277. The van der Waals surface area contributed by atoms with Crippen LogP contribution >= 0.6 is 11.8 Å². The molecule has 0 amide bonds. The molecule has 102 valence electrons. The van der Waals surface area contributed by atoms with E-state index in [1.54, 1.807) is 0 Å². The largest absolute Gasteiger partial charge is 0.467 e. The van der Waals surface area contributed by atoms with Crippen LogP contribution in [0.4, 0.5) is 4.39 Å². The number of halogens is 1. The second-order valence-corrected chi connectivity index (χ2v) is 5.65. The van der Waals surface area contributed by atoms with Crippen LogP contribution in [0.25, 0.3) is 0 Å². The molecule has 1 saturated carbocycles. The molecule has 0 radical (unpaired) electrons. The molecule has 1 aliphatic carbocycles. The number of nitrogens with two attached hydrogens (primary N) is 1. The average molecular weight is 282 g/mol. The summed E-state index contributed by atoms with van der Waals surface area (Å²) in [6.07, 6.45) is 2.24. The van der Waals surface area contributed by atoms with Crippen LogP contribution in [0.2, 0.25) is 0 Å². The molecule has 0 atom stereocenters. The molecule has 19 heavy (non-hydrogen) atoms. The minimum absolute atomic E-state index is 0.210. The van der Waals surface area contributed by atoms with E-state index < -0.39 is 0 Å². The summed E-state index contributed by atoms with van der Waals surface area (Å²) >= 11 is 1.42. The number of fused-ring (bicyclic) bond motifs is 1. The van der Waals surface area contributed by atoms with Gasteiger partial charge in [0.25, 0.3) is 0 Å². The van der Waals surface area contributed by atoms with Gasteiger partial charge in [-0.25, -0.2) is 4.39 Å². The third kappa shape index (κ3) is 3.19. The van der Waals surface area contributed by atoms with Crippen LogP contribution in [0.5, 0.6) is 5.75 Å². The quantitative estimate of drug-likeness (QED) is 0.683. The van der Waals surface area contributed by atoms with Gasteiger partial charge in [-0.15, -0.1) is 0 Å². The summed E-state index contributed by atoms with van der Waals surface area (Å²) in [5.41, 5.74) is 7.38. The van der Waals surface area contributed by atoms with Crippen LogP contribution in [0, 0.1) is 5.82 Å². The van der Waals surface area contributed by atoms with E-state index in [9.17, 15) is 4.39 Å².